The minimum Gasteiger partial charge on any atom is -0.476 e. The molecule has 0 aliphatic carbocycles. The Labute approximate surface area is 135 Å². The van der Waals surface area contributed by atoms with Crippen molar-refractivity contribution in [2.45, 2.75) is 33.6 Å². The molecule has 2 N–H and O–H groups in total. The molecule has 0 spiro atoms. The smallest absolute Gasteiger partial charge is 0.356 e. The fraction of sp³-hybridized carbons (Fsp3) is 0.353. The van der Waals surface area contributed by atoms with Crippen LogP contribution in [0, 0.1) is 5.41 Å². The zero-order valence-electron chi connectivity index (χ0n) is 13.5. The number of hydrogen-bond acceptors (Lipinski definition) is 3. The van der Waals surface area contributed by atoms with E-state index in [-0.39, 0.29) is 17.0 Å². The van der Waals surface area contributed by atoms with Gasteiger partial charge in [0.1, 0.15) is 0 Å². The van der Waals surface area contributed by atoms with Crippen LogP contribution in [0.4, 0.5) is 5.69 Å². The van der Waals surface area contributed by atoms with Crippen molar-refractivity contribution in [1.82, 2.24) is 9.78 Å². The molecule has 1 aromatic heterocycles. The van der Waals surface area contributed by atoms with E-state index in [1.165, 1.54) is 10.7 Å². The zero-order chi connectivity index (χ0) is 17.0. The number of carbonyl (C=O) groups is 2. The summed E-state index contributed by atoms with van der Waals surface area (Å²) in [6.45, 7) is 6.27. The first-order valence-electron chi connectivity index (χ1n) is 7.44. The van der Waals surface area contributed by atoms with Gasteiger partial charge in [-0.1, -0.05) is 32.9 Å². The molecule has 0 atom stereocenters. The lowest BCUT2D eigenvalue weighted by atomic mass is 9.90. The van der Waals surface area contributed by atoms with E-state index in [9.17, 15) is 9.59 Å². The molecule has 122 valence electrons. The van der Waals surface area contributed by atoms with E-state index in [4.69, 9.17) is 5.11 Å². The van der Waals surface area contributed by atoms with Gasteiger partial charge in [0, 0.05) is 12.6 Å². The van der Waals surface area contributed by atoms with Crippen LogP contribution in [-0.2, 0) is 4.79 Å². The molecule has 6 nitrogen and oxygen atoms in total. The van der Waals surface area contributed by atoms with Gasteiger partial charge >= 0.3 is 5.97 Å². The van der Waals surface area contributed by atoms with Crippen molar-refractivity contribution >= 4 is 17.6 Å². The van der Waals surface area contributed by atoms with E-state index in [1.54, 1.807) is 18.3 Å². The third-order valence-electron chi connectivity index (χ3n) is 3.34. The van der Waals surface area contributed by atoms with Crippen LogP contribution in [0.2, 0.25) is 0 Å². The van der Waals surface area contributed by atoms with Gasteiger partial charge in [-0.05, 0) is 30.0 Å². The molecular formula is C17H21N3O3. The van der Waals surface area contributed by atoms with Crippen molar-refractivity contribution in [2.75, 3.05) is 5.32 Å². The maximum Gasteiger partial charge on any atom is 0.356 e. The maximum atomic E-state index is 12.1. The molecule has 0 bridgehead atoms. The number of amides is 1. The maximum absolute atomic E-state index is 12.1. The molecule has 0 saturated carbocycles. The third kappa shape index (κ3) is 4.67. The van der Waals surface area contributed by atoms with Crippen LogP contribution in [0.25, 0.3) is 5.69 Å². The number of carboxylic acid groups (broad SMARTS) is 1. The molecule has 0 aliphatic rings. The van der Waals surface area contributed by atoms with Gasteiger partial charge in [0.25, 0.3) is 0 Å². The average Bonchev–Trinajstić information content (AvgIpc) is 2.95. The van der Waals surface area contributed by atoms with E-state index in [1.807, 2.05) is 12.1 Å². The van der Waals surface area contributed by atoms with E-state index < -0.39 is 5.97 Å². The summed E-state index contributed by atoms with van der Waals surface area (Å²) in [5.74, 6) is -1.16. The summed E-state index contributed by atoms with van der Waals surface area (Å²) in [6.07, 6.45) is 2.77. The predicted molar refractivity (Wildman–Crippen MR) is 87.8 cm³/mol. The highest BCUT2D eigenvalue weighted by molar-refractivity contribution is 5.93. The molecule has 0 unspecified atom stereocenters. The molecule has 23 heavy (non-hydrogen) atoms. The lowest BCUT2D eigenvalue weighted by Gasteiger charge is -2.18. The van der Waals surface area contributed by atoms with E-state index in [0.717, 1.165) is 6.42 Å². The van der Waals surface area contributed by atoms with E-state index in [0.29, 0.717) is 17.8 Å². The third-order valence-corrected chi connectivity index (χ3v) is 3.34. The van der Waals surface area contributed by atoms with E-state index in [2.05, 4.69) is 31.2 Å². The van der Waals surface area contributed by atoms with Crippen molar-refractivity contribution < 1.29 is 14.7 Å². The molecule has 1 heterocycles. The van der Waals surface area contributed by atoms with Crippen LogP contribution < -0.4 is 5.32 Å². The molecule has 0 fully saturated rings. The Morgan fingerprint density at radius 1 is 1.22 bits per heavy atom. The topological polar surface area (TPSA) is 84.2 Å². The Kier molecular flexibility index (Phi) is 4.83. The molecule has 2 rings (SSSR count). The molecule has 0 saturated heterocycles. The number of nitrogens with zero attached hydrogens (tertiary/aromatic N) is 2. The Balaban J connectivity index is 2.17. The average molecular weight is 315 g/mol. The van der Waals surface area contributed by atoms with Crippen LogP contribution in [-0.4, -0.2) is 26.8 Å². The summed E-state index contributed by atoms with van der Waals surface area (Å²) in [6, 6.07) is 8.58. The highest BCUT2D eigenvalue weighted by Crippen LogP contribution is 2.23. The van der Waals surface area contributed by atoms with Gasteiger partial charge < -0.3 is 10.4 Å². The number of benzene rings is 1. The van der Waals surface area contributed by atoms with Gasteiger partial charge in [-0.25, -0.2) is 9.48 Å². The van der Waals surface area contributed by atoms with Gasteiger partial charge in [0.15, 0.2) is 5.69 Å². The quantitative estimate of drug-likeness (QED) is 0.886. The van der Waals surface area contributed by atoms with Crippen LogP contribution in [0.1, 0.15) is 44.1 Å². The molecule has 0 radical (unpaired) electrons. The number of rotatable bonds is 5. The summed E-state index contributed by atoms with van der Waals surface area (Å²) in [5.41, 5.74) is 1.28. The molecule has 1 amide bonds. The SMILES string of the molecule is CC(C)(C)CCC(=O)Nc1ccccc1-n1ccc(C(=O)O)n1. The fourth-order valence-corrected chi connectivity index (χ4v) is 2.05. The van der Waals surface area contributed by atoms with Gasteiger partial charge in [-0.2, -0.15) is 5.10 Å². The van der Waals surface area contributed by atoms with Gasteiger partial charge in [-0.15, -0.1) is 0 Å². The van der Waals surface area contributed by atoms with Gasteiger partial charge in [0.2, 0.25) is 5.91 Å². The number of para-hydroxylation sites is 2. The standard InChI is InChI=1S/C17H21N3O3/c1-17(2,3)10-8-15(21)18-12-6-4-5-7-14(12)20-11-9-13(19-20)16(22)23/h4-7,9,11H,8,10H2,1-3H3,(H,18,21)(H,22,23). The molecule has 1 aromatic carbocycles. The number of aromatic carboxylic acids is 1. The second-order valence-corrected chi connectivity index (χ2v) is 6.58. The van der Waals surface area contributed by atoms with Crippen molar-refractivity contribution in [1.29, 1.82) is 0 Å². The summed E-state index contributed by atoms with van der Waals surface area (Å²) < 4.78 is 1.45. The molecule has 0 aliphatic heterocycles. The monoisotopic (exact) mass is 315 g/mol. The van der Waals surface area contributed by atoms with Crippen molar-refractivity contribution in [3.8, 4) is 5.69 Å². The minimum absolute atomic E-state index is 0.0427. The Morgan fingerprint density at radius 2 is 1.91 bits per heavy atom. The summed E-state index contributed by atoms with van der Waals surface area (Å²) in [7, 11) is 0. The normalized spacial score (nSPS) is 11.3. The Bertz CT molecular complexity index is 714. The molecule has 2 aromatic rings. The van der Waals surface area contributed by atoms with Crippen LogP contribution >= 0.6 is 0 Å². The first-order chi connectivity index (χ1) is 10.8. The van der Waals surface area contributed by atoms with Crippen molar-refractivity contribution in [3.05, 3.63) is 42.2 Å². The first kappa shape index (κ1) is 16.7. The highest BCUT2D eigenvalue weighted by Gasteiger charge is 2.15. The number of hydrogen-bond donors (Lipinski definition) is 2. The molecular weight excluding hydrogens is 294 g/mol. The van der Waals surface area contributed by atoms with Crippen molar-refractivity contribution in [2.24, 2.45) is 5.41 Å². The van der Waals surface area contributed by atoms with Crippen LogP contribution in [0.15, 0.2) is 36.5 Å². The van der Waals surface area contributed by atoms with Crippen LogP contribution in [0.5, 0.6) is 0 Å². The predicted octanol–water partition coefficient (Wildman–Crippen LogP) is 3.34. The number of carboxylic acids is 1. The van der Waals surface area contributed by atoms with Gasteiger partial charge in [-0.3, -0.25) is 4.79 Å². The largest absolute Gasteiger partial charge is 0.476 e. The fourth-order valence-electron chi connectivity index (χ4n) is 2.05. The highest BCUT2D eigenvalue weighted by atomic mass is 16.4. The summed E-state index contributed by atoms with van der Waals surface area (Å²) in [5, 5.41) is 15.8. The second-order valence-electron chi connectivity index (χ2n) is 6.58. The second kappa shape index (κ2) is 6.64. The minimum atomic E-state index is -1.09. The Hall–Kier alpha value is -2.63. The lowest BCUT2D eigenvalue weighted by Crippen LogP contribution is -2.16. The number of anilines is 1. The number of aromatic nitrogens is 2. The number of carbonyl (C=O) groups excluding carboxylic acids is 1. The lowest BCUT2D eigenvalue weighted by molar-refractivity contribution is -0.116. The zero-order valence-corrected chi connectivity index (χ0v) is 13.5. The van der Waals surface area contributed by atoms with Crippen molar-refractivity contribution in [3.63, 3.8) is 0 Å². The summed E-state index contributed by atoms with van der Waals surface area (Å²) >= 11 is 0. The number of nitrogens with one attached hydrogen (secondary N) is 1. The summed E-state index contributed by atoms with van der Waals surface area (Å²) in [4.78, 5) is 23.1. The van der Waals surface area contributed by atoms with Crippen LogP contribution in [0.3, 0.4) is 0 Å². The Morgan fingerprint density at radius 3 is 2.52 bits per heavy atom. The first-order valence-corrected chi connectivity index (χ1v) is 7.44. The molecule has 6 heteroatoms. The van der Waals surface area contributed by atoms with E-state index >= 15 is 0 Å². The van der Waals surface area contributed by atoms with Gasteiger partial charge in [0.05, 0.1) is 11.4 Å².